The molecule has 19 heavy (non-hydrogen) atoms. The van der Waals surface area contributed by atoms with Crippen LogP contribution in [0, 0.1) is 0 Å². The van der Waals surface area contributed by atoms with Gasteiger partial charge in [-0.2, -0.15) is 0 Å². The molecule has 2 atom stereocenters. The normalized spacial score (nSPS) is 21.5. The number of methoxy groups -OCH3 is 2. The number of hydrogen-bond acceptors (Lipinski definition) is 2. The molecule has 0 aromatic rings. The van der Waals surface area contributed by atoms with E-state index in [0.717, 1.165) is 12.8 Å². The zero-order valence-electron chi connectivity index (χ0n) is 12.1. The summed E-state index contributed by atoms with van der Waals surface area (Å²) in [6.45, 7) is 4.26. The van der Waals surface area contributed by atoms with Crippen LogP contribution in [0.15, 0.2) is 44.0 Å². The van der Waals surface area contributed by atoms with Gasteiger partial charge in [0.25, 0.3) is 0 Å². The third-order valence-electron chi connectivity index (χ3n) is 3.74. The van der Waals surface area contributed by atoms with Gasteiger partial charge in [-0.15, -0.1) is 0 Å². The summed E-state index contributed by atoms with van der Waals surface area (Å²) in [5.74, 6) is 0. The van der Waals surface area contributed by atoms with Crippen LogP contribution in [0.5, 0.6) is 0 Å². The van der Waals surface area contributed by atoms with E-state index in [1.54, 1.807) is 22.8 Å². The zero-order valence-corrected chi connectivity index (χ0v) is 13.5. The fourth-order valence-electron chi connectivity index (χ4n) is 2.40. The van der Waals surface area contributed by atoms with Crippen LogP contribution in [-0.2, 0) is 25.8 Å². The molecule has 0 heterocycles. The molecule has 0 saturated carbocycles. The Bertz CT molecular complexity index is 415. The molecule has 3 heteroatoms. The molecule has 2 nitrogen and oxygen atoms in total. The van der Waals surface area contributed by atoms with Gasteiger partial charge in [0.05, 0.1) is 0 Å². The van der Waals surface area contributed by atoms with Crippen LogP contribution in [-0.4, -0.2) is 26.4 Å². The number of ether oxygens (including phenoxy) is 2. The molecular formula is C16H22O2V. The van der Waals surface area contributed by atoms with Crippen LogP contribution in [0.3, 0.4) is 0 Å². The zero-order chi connectivity index (χ0) is 13.8. The topological polar surface area (TPSA) is 18.5 Å². The first-order valence-corrected chi connectivity index (χ1v) is 8.13. The average Bonchev–Trinajstić information content (AvgIpc) is 3.06. The molecule has 0 radical (unpaired) electrons. The van der Waals surface area contributed by atoms with Gasteiger partial charge in [-0.05, 0) is 0 Å². The van der Waals surface area contributed by atoms with Crippen molar-refractivity contribution in [3.8, 4) is 0 Å². The summed E-state index contributed by atoms with van der Waals surface area (Å²) in [7, 11) is 3.57. The van der Waals surface area contributed by atoms with Crippen LogP contribution in [0.2, 0.25) is 0 Å². The summed E-state index contributed by atoms with van der Waals surface area (Å²) in [4.78, 5) is 0. The molecular weight excluding hydrogens is 275 g/mol. The van der Waals surface area contributed by atoms with Gasteiger partial charge in [-0.3, -0.25) is 0 Å². The van der Waals surface area contributed by atoms with Gasteiger partial charge in [-0.1, -0.05) is 0 Å². The first-order chi connectivity index (χ1) is 9.17. The molecule has 0 amide bonds. The van der Waals surface area contributed by atoms with E-state index in [1.165, 1.54) is 11.1 Å². The number of rotatable bonds is 6. The van der Waals surface area contributed by atoms with Crippen molar-refractivity contribution in [3.05, 3.63) is 44.0 Å². The molecule has 2 unspecified atom stereocenters. The monoisotopic (exact) mass is 297 g/mol. The van der Waals surface area contributed by atoms with Gasteiger partial charge in [0, 0.05) is 0 Å². The quantitative estimate of drug-likeness (QED) is 0.746. The van der Waals surface area contributed by atoms with Gasteiger partial charge in [-0.25, -0.2) is 0 Å². The molecule has 0 aromatic heterocycles. The minimum atomic E-state index is 0.0971. The molecule has 103 valence electrons. The Morgan fingerprint density at radius 3 is 1.68 bits per heavy atom. The minimum absolute atomic E-state index is 0.0971. The SMILES string of the molecule is COC(C)C1=[C]([V][C]2=C(C(C)OC)C=CC2)CC=C1. The second-order valence-electron chi connectivity index (χ2n) is 4.88. The van der Waals surface area contributed by atoms with E-state index in [1.807, 2.05) is 0 Å². The van der Waals surface area contributed by atoms with Crippen LogP contribution in [0.25, 0.3) is 0 Å². The Hall–Kier alpha value is -0.536. The van der Waals surface area contributed by atoms with E-state index in [0.29, 0.717) is 0 Å². The second-order valence-corrected chi connectivity index (χ2v) is 6.92. The van der Waals surface area contributed by atoms with E-state index in [9.17, 15) is 0 Å². The molecule has 2 rings (SSSR count). The summed E-state index contributed by atoms with van der Waals surface area (Å²) < 4.78 is 14.1. The molecule has 2 aliphatic carbocycles. The van der Waals surface area contributed by atoms with Crippen molar-refractivity contribution in [1.29, 1.82) is 0 Å². The maximum atomic E-state index is 5.47. The molecule has 0 bridgehead atoms. The summed E-state index contributed by atoms with van der Waals surface area (Å²) >= 11 is 0.0971. The average molecular weight is 297 g/mol. The molecule has 2 aliphatic rings. The van der Waals surface area contributed by atoms with Crippen LogP contribution < -0.4 is 0 Å². The number of allylic oxidation sites excluding steroid dienone is 4. The molecule has 0 fully saturated rings. The first kappa shape index (κ1) is 14.9. The van der Waals surface area contributed by atoms with Crippen molar-refractivity contribution >= 4 is 0 Å². The van der Waals surface area contributed by atoms with Crippen molar-refractivity contribution in [2.45, 2.75) is 38.9 Å². The van der Waals surface area contributed by atoms with Crippen LogP contribution in [0.4, 0.5) is 0 Å². The Labute approximate surface area is 123 Å². The predicted molar refractivity (Wildman–Crippen MR) is 74.5 cm³/mol. The Morgan fingerprint density at radius 1 is 0.895 bits per heavy atom. The van der Waals surface area contributed by atoms with Gasteiger partial charge in [0.2, 0.25) is 0 Å². The van der Waals surface area contributed by atoms with Gasteiger partial charge in [0.15, 0.2) is 0 Å². The maximum absolute atomic E-state index is 5.47. The third-order valence-corrected chi connectivity index (χ3v) is 5.96. The van der Waals surface area contributed by atoms with Crippen molar-refractivity contribution in [1.82, 2.24) is 0 Å². The Kier molecular flexibility index (Phi) is 5.29. The van der Waals surface area contributed by atoms with Gasteiger partial charge in [0.1, 0.15) is 0 Å². The summed E-state index contributed by atoms with van der Waals surface area (Å²) in [5, 5.41) is 0. The van der Waals surface area contributed by atoms with Crippen molar-refractivity contribution < 1.29 is 25.8 Å². The van der Waals surface area contributed by atoms with E-state index in [2.05, 4.69) is 38.2 Å². The van der Waals surface area contributed by atoms with E-state index in [4.69, 9.17) is 9.47 Å². The van der Waals surface area contributed by atoms with Crippen LogP contribution in [0.1, 0.15) is 26.7 Å². The first-order valence-electron chi connectivity index (χ1n) is 6.73. The molecule has 0 aliphatic heterocycles. The van der Waals surface area contributed by atoms with Gasteiger partial charge >= 0.3 is 123 Å². The molecule has 0 saturated heterocycles. The number of hydrogen-bond donors (Lipinski definition) is 0. The standard InChI is InChI=1S/2C8H11O.V/c2*1-7(9-2)8-5-3-4-6-8;/h2*3,5,7H,4H2,1-2H3;. The third kappa shape index (κ3) is 3.32. The van der Waals surface area contributed by atoms with Crippen molar-refractivity contribution in [2.75, 3.05) is 14.2 Å². The predicted octanol–water partition coefficient (Wildman–Crippen LogP) is 3.57. The summed E-state index contributed by atoms with van der Waals surface area (Å²) in [6, 6.07) is 0. The Balaban J connectivity index is 2.17. The molecule has 0 spiro atoms. The van der Waals surface area contributed by atoms with Gasteiger partial charge < -0.3 is 0 Å². The second kappa shape index (κ2) is 6.76. The fraction of sp³-hybridized carbons (Fsp3) is 0.500. The Morgan fingerprint density at radius 2 is 1.32 bits per heavy atom. The summed E-state index contributed by atoms with van der Waals surface area (Å²) in [5.41, 5.74) is 2.79. The summed E-state index contributed by atoms with van der Waals surface area (Å²) in [6.07, 6.45) is 11.6. The fourth-order valence-corrected chi connectivity index (χ4v) is 4.73. The molecule has 0 aromatic carbocycles. The van der Waals surface area contributed by atoms with Crippen molar-refractivity contribution in [2.24, 2.45) is 0 Å². The van der Waals surface area contributed by atoms with E-state index < -0.39 is 0 Å². The molecule has 0 N–H and O–H groups in total. The van der Waals surface area contributed by atoms with E-state index >= 15 is 0 Å². The van der Waals surface area contributed by atoms with Crippen molar-refractivity contribution in [3.63, 3.8) is 0 Å². The van der Waals surface area contributed by atoms with E-state index in [-0.39, 0.29) is 28.5 Å². The van der Waals surface area contributed by atoms with Crippen LogP contribution >= 0.6 is 0 Å².